The summed E-state index contributed by atoms with van der Waals surface area (Å²) in [5, 5.41) is 0. The standard InChI is InChI=1S/C15H26N2OS/c1-10(2)8-19-9-13(17-16)15-12(4)6-11(3)7-14(15)18-5/h6-7,10,13,17H,8-9,16H2,1-5H3. The maximum absolute atomic E-state index is 5.73. The third kappa shape index (κ3) is 4.71. The van der Waals surface area contributed by atoms with Gasteiger partial charge in [-0.05, 0) is 42.7 Å². The molecule has 0 saturated carbocycles. The van der Waals surface area contributed by atoms with Crippen LogP contribution in [0.4, 0.5) is 0 Å². The van der Waals surface area contributed by atoms with Gasteiger partial charge in [0.15, 0.2) is 0 Å². The van der Waals surface area contributed by atoms with Crippen LogP contribution < -0.4 is 16.0 Å². The van der Waals surface area contributed by atoms with Crippen LogP contribution in [0.2, 0.25) is 0 Å². The van der Waals surface area contributed by atoms with Crippen molar-refractivity contribution in [2.45, 2.75) is 33.7 Å². The van der Waals surface area contributed by atoms with Crippen LogP contribution >= 0.6 is 11.8 Å². The fourth-order valence-electron chi connectivity index (χ4n) is 2.19. The number of nitrogens with one attached hydrogen (secondary N) is 1. The van der Waals surface area contributed by atoms with E-state index in [1.165, 1.54) is 16.7 Å². The van der Waals surface area contributed by atoms with Crippen molar-refractivity contribution in [3.8, 4) is 5.75 Å². The number of rotatable bonds is 7. The van der Waals surface area contributed by atoms with Crippen molar-refractivity contribution in [2.75, 3.05) is 18.6 Å². The van der Waals surface area contributed by atoms with Gasteiger partial charge in [0.2, 0.25) is 0 Å². The summed E-state index contributed by atoms with van der Waals surface area (Å²) in [5.41, 5.74) is 6.54. The predicted molar refractivity (Wildman–Crippen MR) is 84.7 cm³/mol. The van der Waals surface area contributed by atoms with Crippen molar-refractivity contribution < 1.29 is 4.74 Å². The Bertz CT molecular complexity index is 407. The molecule has 0 aliphatic carbocycles. The van der Waals surface area contributed by atoms with E-state index in [9.17, 15) is 0 Å². The highest BCUT2D eigenvalue weighted by atomic mass is 32.2. The molecule has 0 aromatic heterocycles. The monoisotopic (exact) mass is 282 g/mol. The molecule has 1 aromatic rings. The van der Waals surface area contributed by atoms with Gasteiger partial charge >= 0.3 is 0 Å². The molecule has 0 radical (unpaired) electrons. The molecule has 0 aliphatic heterocycles. The highest BCUT2D eigenvalue weighted by molar-refractivity contribution is 7.99. The SMILES string of the molecule is COc1cc(C)cc(C)c1C(CSCC(C)C)NN. The molecule has 1 unspecified atom stereocenters. The third-order valence-corrected chi connectivity index (χ3v) is 4.47. The first-order chi connectivity index (χ1) is 8.99. The Morgan fingerprint density at radius 1 is 1.26 bits per heavy atom. The lowest BCUT2D eigenvalue weighted by atomic mass is 9.99. The van der Waals surface area contributed by atoms with Gasteiger partial charge in [0, 0.05) is 11.3 Å². The topological polar surface area (TPSA) is 47.3 Å². The number of benzene rings is 1. The first-order valence-electron chi connectivity index (χ1n) is 6.68. The van der Waals surface area contributed by atoms with E-state index in [1.54, 1.807) is 7.11 Å². The normalized spacial score (nSPS) is 12.8. The van der Waals surface area contributed by atoms with E-state index < -0.39 is 0 Å². The summed E-state index contributed by atoms with van der Waals surface area (Å²) >= 11 is 1.92. The van der Waals surface area contributed by atoms with Gasteiger partial charge in [-0.1, -0.05) is 19.9 Å². The van der Waals surface area contributed by atoms with E-state index in [0.29, 0.717) is 5.92 Å². The van der Waals surface area contributed by atoms with Gasteiger partial charge in [-0.25, -0.2) is 0 Å². The molecule has 0 spiro atoms. The van der Waals surface area contributed by atoms with Crippen molar-refractivity contribution in [3.05, 3.63) is 28.8 Å². The molecule has 19 heavy (non-hydrogen) atoms. The van der Waals surface area contributed by atoms with Gasteiger partial charge < -0.3 is 4.74 Å². The summed E-state index contributed by atoms with van der Waals surface area (Å²) in [6.07, 6.45) is 0. The lowest BCUT2D eigenvalue weighted by molar-refractivity contribution is 0.402. The predicted octanol–water partition coefficient (Wildman–Crippen LogP) is 3.21. The molecule has 0 saturated heterocycles. The smallest absolute Gasteiger partial charge is 0.124 e. The molecule has 0 amide bonds. The molecular formula is C15H26N2OS. The second kappa shape index (κ2) is 7.78. The van der Waals surface area contributed by atoms with Gasteiger partial charge in [-0.15, -0.1) is 0 Å². The van der Waals surface area contributed by atoms with Crippen LogP contribution in [-0.4, -0.2) is 18.6 Å². The van der Waals surface area contributed by atoms with E-state index in [0.717, 1.165) is 17.3 Å². The Morgan fingerprint density at radius 2 is 1.95 bits per heavy atom. The molecule has 1 atom stereocenters. The number of methoxy groups -OCH3 is 1. The summed E-state index contributed by atoms with van der Waals surface area (Å²) < 4.78 is 5.51. The molecule has 0 heterocycles. The molecule has 0 bridgehead atoms. The van der Waals surface area contributed by atoms with Crippen molar-refractivity contribution in [1.29, 1.82) is 0 Å². The largest absolute Gasteiger partial charge is 0.496 e. The minimum Gasteiger partial charge on any atom is -0.496 e. The lowest BCUT2D eigenvalue weighted by Crippen LogP contribution is -2.30. The minimum absolute atomic E-state index is 0.124. The van der Waals surface area contributed by atoms with E-state index >= 15 is 0 Å². The van der Waals surface area contributed by atoms with Gasteiger partial charge in [-0.3, -0.25) is 11.3 Å². The van der Waals surface area contributed by atoms with E-state index in [4.69, 9.17) is 10.6 Å². The minimum atomic E-state index is 0.124. The maximum atomic E-state index is 5.73. The number of hydrazine groups is 1. The summed E-state index contributed by atoms with van der Waals surface area (Å²) in [7, 11) is 1.71. The Balaban J connectivity index is 2.91. The van der Waals surface area contributed by atoms with Crippen LogP contribution in [0.1, 0.15) is 36.6 Å². The average molecular weight is 282 g/mol. The van der Waals surface area contributed by atoms with Gasteiger partial charge in [0.05, 0.1) is 13.2 Å². The third-order valence-electron chi connectivity index (χ3n) is 3.00. The summed E-state index contributed by atoms with van der Waals surface area (Å²) in [6, 6.07) is 4.37. The molecule has 3 N–H and O–H groups in total. The molecule has 4 heteroatoms. The number of hydrogen-bond donors (Lipinski definition) is 2. The first kappa shape index (κ1) is 16.3. The van der Waals surface area contributed by atoms with Gasteiger partial charge in [0.25, 0.3) is 0 Å². The molecule has 1 rings (SSSR count). The zero-order chi connectivity index (χ0) is 14.4. The fourth-order valence-corrected chi connectivity index (χ4v) is 3.30. The molecular weight excluding hydrogens is 256 g/mol. The lowest BCUT2D eigenvalue weighted by Gasteiger charge is -2.22. The van der Waals surface area contributed by atoms with Crippen molar-refractivity contribution in [2.24, 2.45) is 11.8 Å². The number of aryl methyl sites for hydroxylation is 2. The Hall–Kier alpha value is -0.710. The molecule has 108 valence electrons. The summed E-state index contributed by atoms with van der Waals surface area (Å²) in [5.74, 6) is 9.45. The molecule has 1 aromatic carbocycles. The zero-order valence-electron chi connectivity index (χ0n) is 12.6. The van der Waals surface area contributed by atoms with Crippen molar-refractivity contribution in [1.82, 2.24) is 5.43 Å². The second-order valence-corrected chi connectivity index (χ2v) is 6.42. The second-order valence-electron chi connectivity index (χ2n) is 5.35. The zero-order valence-corrected chi connectivity index (χ0v) is 13.4. The first-order valence-corrected chi connectivity index (χ1v) is 7.84. The van der Waals surface area contributed by atoms with Crippen molar-refractivity contribution >= 4 is 11.8 Å². The number of hydrogen-bond acceptors (Lipinski definition) is 4. The number of ether oxygens (including phenoxy) is 1. The fraction of sp³-hybridized carbons (Fsp3) is 0.600. The van der Waals surface area contributed by atoms with Crippen LogP contribution in [0.3, 0.4) is 0 Å². The van der Waals surface area contributed by atoms with Gasteiger partial charge in [0.1, 0.15) is 5.75 Å². The summed E-state index contributed by atoms with van der Waals surface area (Å²) in [4.78, 5) is 0. The van der Waals surface area contributed by atoms with Crippen LogP contribution in [0.25, 0.3) is 0 Å². The Morgan fingerprint density at radius 3 is 2.47 bits per heavy atom. The molecule has 3 nitrogen and oxygen atoms in total. The average Bonchev–Trinajstić information content (AvgIpc) is 2.34. The van der Waals surface area contributed by atoms with Crippen LogP contribution in [0.15, 0.2) is 12.1 Å². The van der Waals surface area contributed by atoms with E-state index in [1.807, 2.05) is 11.8 Å². The highest BCUT2D eigenvalue weighted by Gasteiger charge is 2.18. The van der Waals surface area contributed by atoms with E-state index in [-0.39, 0.29) is 6.04 Å². The number of nitrogens with two attached hydrogens (primary N) is 1. The van der Waals surface area contributed by atoms with Crippen LogP contribution in [0, 0.1) is 19.8 Å². The molecule has 0 aliphatic rings. The Kier molecular flexibility index (Phi) is 6.69. The number of thioether (sulfide) groups is 1. The maximum Gasteiger partial charge on any atom is 0.124 e. The highest BCUT2D eigenvalue weighted by Crippen LogP contribution is 2.31. The van der Waals surface area contributed by atoms with Gasteiger partial charge in [-0.2, -0.15) is 11.8 Å². The van der Waals surface area contributed by atoms with Crippen LogP contribution in [-0.2, 0) is 0 Å². The Labute approximate surface area is 121 Å². The quantitative estimate of drug-likeness (QED) is 0.595. The van der Waals surface area contributed by atoms with E-state index in [2.05, 4.69) is 45.3 Å². The summed E-state index contributed by atoms with van der Waals surface area (Å²) in [6.45, 7) is 8.66. The molecule has 0 fully saturated rings. The van der Waals surface area contributed by atoms with Crippen LogP contribution in [0.5, 0.6) is 5.75 Å². The van der Waals surface area contributed by atoms with Crippen molar-refractivity contribution in [3.63, 3.8) is 0 Å².